The number of unbranched alkanes of at least 4 members (excludes halogenated alkanes) is 1. The predicted octanol–water partition coefficient (Wildman–Crippen LogP) is 2.81. The predicted molar refractivity (Wildman–Crippen MR) is 82.7 cm³/mol. The lowest BCUT2D eigenvalue weighted by Gasteiger charge is -2.20. The van der Waals surface area contributed by atoms with E-state index in [1.165, 1.54) is 5.56 Å². The highest BCUT2D eigenvalue weighted by Crippen LogP contribution is 2.23. The highest BCUT2D eigenvalue weighted by atomic mass is 16.3. The van der Waals surface area contributed by atoms with Crippen LogP contribution in [0.2, 0.25) is 0 Å². The molecule has 3 heteroatoms. The van der Waals surface area contributed by atoms with Gasteiger partial charge in [0.05, 0.1) is 6.04 Å². The Labute approximate surface area is 120 Å². The van der Waals surface area contributed by atoms with Gasteiger partial charge in [0, 0.05) is 0 Å². The Hall–Kier alpha value is -1.84. The van der Waals surface area contributed by atoms with Gasteiger partial charge in [0.15, 0.2) is 0 Å². The van der Waals surface area contributed by atoms with Gasteiger partial charge >= 0.3 is 0 Å². The summed E-state index contributed by atoms with van der Waals surface area (Å²) in [5.74, 6) is 0.295. The van der Waals surface area contributed by atoms with Crippen LogP contribution in [0.3, 0.4) is 0 Å². The van der Waals surface area contributed by atoms with Crippen LogP contribution >= 0.6 is 0 Å². The molecule has 2 rings (SSSR count). The number of aromatic hydroxyl groups is 1. The van der Waals surface area contributed by atoms with Crippen LogP contribution in [0, 0.1) is 0 Å². The summed E-state index contributed by atoms with van der Waals surface area (Å²) in [6, 6.07) is 17.9. The van der Waals surface area contributed by atoms with Crippen molar-refractivity contribution in [3.05, 3.63) is 65.7 Å². The van der Waals surface area contributed by atoms with Crippen molar-refractivity contribution >= 4 is 0 Å². The molecule has 1 atom stereocenters. The zero-order chi connectivity index (χ0) is 14.2. The molecule has 106 valence electrons. The third-order valence-corrected chi connectivity index (χ3v) is 3.34. The summed E-state index contributed by atoms with van der Waals surface area (Å²) in [5, 5.41) is 13.0. The van der Waals surface area contributed by atoms with E-state index in [9.17, 15) is 5.11 Å². The van der Waals surface area contributed by atoms with E-state index in [1.807, 2.05) is 30.3 Å². The van der Waals surface area contributed by atoms with Crippen LogP contribution in [0.5, 0.6) is 5.75 Å². The Morgan fingerprint density at radius 2 is 1.55 bits per heavy atom. The summed E-state index contributed by atoms with van der Waals surface area (Å²) in [5.41, 5.74) is 7.91. The number of benzene rings is 2. The first-order chi connectivity index (χ1) is 9.81. The molecule has 0 aromatic heterocycles. The number of hydrogen-bond donors (Lipinski definition) is 3. The van der Waals surface area contributed by atoms with Crippen molar-refractivity contribution in [1.29, 1.82) is 0 Å². The number of phenols is 1. The van der Waals surface area contributed by atoms with Crippen molar-refractivity contribution in [1.82, 2.24) is 5.32 Å². The van der Waals surface area contributed by atoms with Crippen molar-refractivity contribution in [2.75, 3.05) is 13.1 Å². The van der Waals surface area contributed by atoms with Crippen molar-refractivity contribution in [2.45, 2.75) is 18.9 Å². The van der Waals surface area contributed by atoms with Crippen molar-refractivity contribution in [3.63, 3.8) is 0 Å². The summed E-state index contributed by atoms with van der Waals surface area (Å²) in [4.78, 5) is 0. The van der Waals surface area contributed by atoms with Gasteiger partial charge in [-0.15, -0.1) is 0 Å². The van der Waals surface area contributed by atoms with Gasteiger partial charge in [-0.05, 0) is 49.2 Å². The number of nitrogens with two attached hydrogens (primary N) is 1. The number of rotatable bonds is 7. The fourth-order valence-electron chi connectivity index (χ4n) is 2.26. The summed E-state index contributed by atoms with van der Waals surface area (Å²) in [6.07, 6.45) is 2.10. The first-order valence-corrected chi connectivity index (χ1v) is 7.08. The molecule has 1 unspecified atom stereocenters. The second-order valence-corrected chi connectivity index (χ2v) is 4.89. The van der Waals surface area contributed by atoms with Crippen molar-refractivity contribution in [2.24, 2.45) is 5.73 Å². The van der Waals surface area contributed by atoms with Gasteiger partial charge in [0.1, 0.15) is 5.75 Å². The topological polar surface area (TPSA) is 58.3 Å². The van der Waals surface area contributed by atoms with E-state index in [2.05, 4.69) is 17.4 Å². The third kappa shape index (κ3) is 4.08. The van der Waals surface area contributed by atoms with E-state index in [0.29, 0.717) is 5.75 Å². The lowest BCUT2D eigenvalue weighted by atomic mass is 9.98. The smallest absolute Gasteiger partial charge is 0.115 e. The first-order valence-electron chi connectivity index (χ1n) is 7.08. The fourth-order valence-corrected chi connectivity index (χ4v) is 2.26. The van der Waals surface area contributed by atoms with Crippen LogP contribution in [0.4, 0.5) is 0 Å². The largest absolute Gasteiger partial charge is 0.508 e. The molecule has 0 aliphatic rings. The van der Waals surface area contributed by atoms with Crippen LogP contribution in [0.25, 0.3) is 0 Å². The average Bonchev–Trinajstić information content (AvgIpc) is 2.50. The molecule has 0 saturated carbocycles. The Morgan fingerprint density at radius 3 is 2.20 bits per heavy atom. The zero-order valence-electron chi connectivity index (χ0n) is 11.6. The van der Waals surface area contributed by atoms with Gasteiger partial charge in [0.2, 0.25) is 0 Å². The molecule has 0 radical (unpaired) electrons. The highest BCUT2D eigenvalue weighted by molar-refractivity contribution is 5.34. The first kappa shape index (κ1) is 14.6. The second-order valence-electron chi connectivity index (χ2n) is 4.89. The Balaban J connectivity index is 2.13. The van der Waals surface area contributed by atoms with E-state index >= 15 is 0 Å². The molecule has 2 aromatic rings. The number of phenolic OH excluding ortho intramolecular Hbond substituents is 1. The average molecular weight is 270 g/mol. The van der Waals surface area contributed by atoms with E-state index in [4.69, 9.17) is 5.73 Å². The van der Waals surface area contributed by atoms with Gasteiger partial charge in [-0.1, -0.05) is 42.5 Å². The van der Waals surface area contributed by atoms with E-state index in [0.717, 1.165) is 31.5 Å². The molecule has 0 aliphatic carbocycles. The Morgan fingerprint density at radius 1 is 0.900 bits per heavy atom. The molecule has 0 bridgehead atoms. The van der Waals surface area contributed by atoms with Crippen LogP contribution in [0.15, 0.2) is 54.6 Å². The van der Waals surface area contributed by atoms with Crippen molar-refractivity contribution < 1.29 is 5.11 Å². The quantitative estimate of drug-likeness (QED) is 0.678. The molecule has 0 saturated heterocycles. The molecular weight excluding hydrogens is 248 g/mol. The maximum absolute atomic E-state index is 9.42. The minimum absolute atomic E-state index is 0.148. The summed E-state index contributed by atoms with van der Waals surface area (Å²) in [6.45, 7) is 1.66. The summed E-state index contributed by atoms with van der Waals surface area (Å²) < 4.78 is 0. The molecule has 3 nitrogen and oxygen atoms in total. The van der Waals surface area contributed by atoms with Gasteiger partial charge < -0.3 is 16.2 Å². The molecule has 4 N–H and O–H groups in total. The molecule has 0 amide bonds. The van der Waals surface area contributed by atoms with E-state index in [1.54, 1.807) is 12.1 Å². The molecule has 20 heavy (non-hydrogen) atoms. The Kier molecular flexibility index (Phi) is 5.59. The van der Waals surface area contributed by atoms with Gasteiger partial charge in [0.25, 0.3) is 0 Å². The molecule has 0 heterocycles. The van der Waals surface area contributed by atoms with Crippen LogP contribution < -0.4 is 11.1 Å². The maximum atomic E-state index is 9.42. The minimum atomic E-state index is 0.148. The molecule has 0 aliphatic heterocycles. The standard InChI is InChI=1S/C17H22N2O/c18-12-4-5-13-19-17(14-6-2-1-3-7-14)15-8-10-16(20)11-9-15/h1-3,6-11,17,19-20H,4-5,12-13,18H2. The summed E-state index contributed by atoms with van der Waals surface area (Å²) in [7, 11) is 0. The lowest BCUT2D eigenvalue weighted by Crippen LogP contribution is -2.24. The van der Waals surface area contributed by atoms with Gasteiger partial charge in [-0.3, -0.25) is 0 Å². The fraction of sp³-hybridized carbons (Fsp3) is 0.294. The van der Waals surface area contributed by atoms with Crippen molar-refractivity contribution in [3.8, 4) is 5.75 Å². The highest BCUT2D eigenvalue weighted by Gasteiger charge is 2.12. The SMILES string of the molecule is NCCCCNC(c1ccccc1)c1ccc(O)cc1. The van der Waals surface area contributed by atoms with Crippen LogP contribution in [0.1, 0.15) is 30.0 Å². The molecule has 0 spiro atoms. The number of nitrogens with one attached hydrogen (secondary N) is 1. The van der Waals surface area contributed by atoms with Crippen LogP contribution in [-0.2, 0) is 0 Å². The molecule has 2 aromatic carbocycles. The number of hydrogen-bond acceptors (Lipinski definition) is 3. The minimum Gasteiger partial charge on any atom is -0.508 e. The zero-order valence-corrected chi connectivity index (χ0v) is 11.6. The third-order valence-electron chi connectivity index (χ3n) is 3.34. The monoisotopic (exact) mass is 270 g/mol. The lowest BCUT2D eigenvalue weighted by molar-refractivity contribution is 0.474. The summed E-state index contributed by atoms with van der Waals surface area (Å²) >= 11 is 0. The van der Waals surface area contributed by atoms with Gasteiger partial charge in [-0.25, -0.2) is 0 Å². The molecule has 0 fully saturated rings. The van der Waals surface area contributed by atoms with Gasteiger partial charge in [-0.2, -0.15) is 0 Å². The van der Waals surface area contributed by atoms with E-state index in [-0.39, 0.29) is 6.04 Å². The van der Waals surface area contributed by atoms with E-state index < -0.39 is 0 Å². The molecular formula is C17H22N2O. The second kappa shape index (κ2) is 7.68. The maximum Gasteiger partial charge on any atom is 0.115 e. The normalized spacial score (nSPS) is 12.2. The van der Waals surface area contributed by atoms with Crippen LogP contribution in [-0.4, -0.2) is 18.2 Å². The Bertz CT molecular complexity index is 496.